The van der Waals surface area contributed by atoms with Gasteiger partial charge in [-0.25, -0.2) is 4.79 Å². The molecule has 2 aromatic rings. The van der Waals surface area contributed by atoms with Crippen molar-refractivity contribution < 1.29 is 49.0 Å². The van der Waals surface area contributed by atoms with Crippen molar-refractivity contribution in [2.75, 3.05) is 26.4 Å². The lowest BCUT2D eigenvalue weighted by atomic mass is 9.88. The normalized spacial score (nSPS) is 22.4. The number of nitrogens with one attached hydrogen (secondary N) is 3. The monoisotopic (exact) mass is 666 g/mol. The van der Waals surface area contributed by atoms with Gasteiger partial charge in [-0.1, -0.05) is 47.7 Å². The van der Waals surface area contributed by atoms with Crippen molar-refractivity contribution in [2.24, 2.45) is 0 Å². The number of benzene rings is 1. The lowest BCUT2D eigenvalue weighted by Crippen LogP contribution is -2.68. The summed E-state index contributed by atoms with van der Waals surface area (Å²) in [5.74, 6) is -2.75. The molecule has 46 heavy (non-hydrogen) atoms. The van der Waals surface area contributed by atoms with E-state index in [0.717, 1.165) is 12.8 Å². The number of carbonyl (C=O) groups excluding carboxylic acids is 2. The molecule has 3 rings (SSSR count). The zero-order valence-corrected chi connectivity index (χ0v) is 25.8. The van der Waals surface area contributed by atoms with Crippen LogP contribution in [0.2, 0.25) is 5.02 Å². The first kappa shape index (κ1) is 36.8. The number of rotatable bonds is 19. The van der Waals surface area contributed by atoms with E-state index in [4.69, 9.17) is 32.2 Å². The van der Waals surface area contributed by atoms with Gasteiger partial charge < -0.3 is 45.3 Å². The summed E-state index contributed by atoms with van der Waals surface area (Å²) in [6.07, 6.45) is -0.122. The zero-order chi connectivity index (χ0) is 33.5. The fourth-order valence-electron chi connectivity index (χ4n) is 4.79. The summed E-state index contributed by atoms with van der Waals surface area (Å²) in [5.41, 5.74) is 0.653. The second-order valence-corrected chi connectivity index (χ2v) is 11.1. The molecule has 17 heteroatoms. The van der Waals surface area contributed by atoms with Crippen LogP contribution in [0.1, 0.15) is 43.5 Å². The van der Waals surface area contributed by atoms with E-state index in [2.05, 4.69) is 37.2 Å². The van der Waals surface area contributed by atoms with Crippen molar-refractivity contribution >= 4 is 29.4 Å². The van der Waals surface area contributed by atoms with Gasteiger partial charge in [0.15, 0.2) is 5.82 Å². The number of aromatic nitrogens is 4. The van der Waals surface area contributed by atoms with E-state index in [1.165, 1.54) is 0 Å². The first-order valence-electron chi connectivity index (χ1n) is 14.7. The van der Waals surface area contributed by atoms with Gasteiger partial charge in [-0.2, -0.15) is 5.21 Å². The molecule has 6 atom stereocenters. The van der Waals surface area contributed by atoms with Gasteiger partial charge in [0.25, 0.3) is 5.79 Å². The van der Waals surface area contributed by atoms with Gasteiger partial charge in [-0.05, 0) is 30.5 Å². The summed E-state index contributed by atoms with van der Waals surface area (Å²) < 4.78 is 16.7. The summed E-state index contributed by atoms with van der Waals surface area (Å²) in [4.78, 5) is 37.7. The predicted octanol–water partition coefficient (Wildman–Crippen LogP) is -0.881. The molecule has 1 fully saturated rings. The number of nitrogens with zero attached hydrogens (tertiary/aromatic N) is 3. The van der Waals surface area contributed by atoms with Gasteiger partial charge in [-0.3, -0.25) is 9.59 Å². The molecule has 0 spiro atoms. The number of H-pyrrole nitrogens is 1. The lowest BCUT2D eigenvalue weighted by molar-refractivity contribution is -0.310. The minimum atomic E-state index is -2.41. The summed E-state index contributed by atoms with van der Waals surface area (Å²) in [6.45, 7) is 0.187. The minimum absolute atomic E-state index is 0.0371. The zero-order valence-electron chi connectivity index (χ0n) is 25.0. The molecule has 0 aliphatic carbocycles. The number of hydrogen-bond donors (Lipinski definition) is 7. The molecule has 7 N–H and O–H groups in total. The highest BCUT2D eigenvalue weighted by Gasteiger charge is 2.55. The number of ether oxygens (including phenoxy) is 3. The molecule has 0 radical (unpaired) electrons. The van der Waals surface area contributed by atoms with E-state index in [1.54, 1.807) is 24.3 Å². The standard InChI is InChI=1S/C29H39ClN6O10/c1-2-11-44-12-5-3-4-6-13-45-29(28(42)43)16-20(37)25(32-24(40)15-22-33-35-36-34-22)27(46-29)26(41)21(38)17-31-23(39)14-18-7-9-19(30)10-8-18/h1,7-10,20-21,25-27,37-38,41H,3-6,11-17H2,(H,31,39)(H,32,40)(H,42,43)(H,33,34,35,36)/t20-,21+,25+,26+,27+,29+/m0/s1. The van der Waals surface area contributed by atoms with Gasteiger partial charge in [-0.15, -0.1) is 16.6 Å². The summed E-state index contributed by atoms with van der Waals surface area (Å²) in [6, 6.07) is 5.17. The number of hydrogen-bond acceptors (Lipinski definition) is 12. The Bertz CT molecular complexity index is 1290. The van der Waals surface area contributed by atoms with E-state index in [9.17, 15) is 34.8 Å². The molecule has 1 aliphatic heterocycles. The predicted molar refractivity (Wildman–Crippen MR) is 160 cm³/mol. The van der Waals surface area contributed by atoms with Gasteiger partial charge in [0.05, 0.1) is 37.7 Å². The first-order valence-corrected chi connectivity index (χ1v) is 15.1. The van der Waals surface area contributed by atoms with E-state index < -0.39 is 67.0 Å². The van der Waals surface area contributed by atoms with Crippen LogP contribution >= 0.6 is 11.6 Å². The Balaban J connectivity index is 1.67. The van der Waals surface area contributed by atoms with Crippen molar-refractivity contribution in [2.45, 2.75) is 81.2 Å². The maximum Gasteiger partial charge on any atom is 0.364 e. The average molecular weight is 667 g/mol. The highest BCUT2D eigenvalue weighted by Crippen LogP contribution is 2.34. The fourth-order valence-corrected chi connectivity index (χ4v) is 4.92. The number of carboxylic acids is 1. The maximum absolute atomic E-state index is 12.7. The van der Waals surface area contributed by atoms with Gasteiger partial charge in [0.2, 0.25) is 11.8 Å². The van der Waals surface area contributed by atoms with Crippen molar-refractivity contribution in [1.82, 2.24) is 31.3 Å². The number of aromatic amines is 1. The highest BCUT2D eigenvalue weighted by atomic mass is 35.5. The Morgan fingerprint density at radius 2 is 1.85 bits per heavy atom. The van der Waals surface area contributed by atoms with E-state index >= 15 is 0 Å². The van der Waals surface area contributed by atoms with Crippen molar-refractivity contribution in [3.05, 3.63) is 40.7 Å². The Morgan fingerprint density at radius 1 is 1.13 bits per heavy atom. The number of terminal acetylenes is 1. The number of halogens is 1. The molecule has 1 aliphatic rings. The molecule has 2 amide bonds. The van der Waals surface area contributed by atoms with Gasteiger partial charge in [0.1, 0.15) is 18.8 Å². The molecule has 1 aromatic heterocycles. The Morgan fingerprint density at radius 3 is 2.50 bits per heavy atom. The third-order valence-electron chi connectivity index (χ3n) is 7.15. The van der Waals surface area contributed by atoms with Crippen molar-refractivity contribution in [1.29, 1.82) is 0 Å². The third-order valence-corrected chi connectivity index (χ3v) is 7.41. The smallest absolute Gasteiger partial charge is 0.364 e. The third kappa shape index (κ3) is 11.3. The average Bonchev–Trinajstić information content (AvgIpc) is 3.53. The quantitative estimate of drug-likeness (QED) is 0.0713. The number of amides is 2. The second-order valence-electron chi connectivity index (χ2n) is 10.7. The molecule has 0 unspecified atom stereocenters. The van der Waals surface area contributed by atoms with Crippen LogP contribution in [0.5, 0.6) is 0 Å². The minimum Gasteiger partial charge on any atom is -0.477 e. The number of tetrazole rings is 1. The van der Waals surface area contributed by atoms with E-state index in [-0.39, 0.29) is 31.9 Å². The Kier molecular flexibility index (Phi) is 14.8. The molecule has 252 valence electrons. The largest absolute Gasteiger partial charge is 0.477 e. The maximum atomic E-state index is 12.7. The molecule has 2 heterocycles. The van der Waals surface area contributed by atoms with Crippen molar-refractivity contribution in [3.63, 3.8) is 0 Å². The summed E-state index contributed by atoms with van der Waals surface area (Å²) in [7, 11) is 0. The second kappa shape index (κ2) is 18.5. The molecule has 1 saturated heterocycles. The van der Waals surface area contributed by atoms with Crippen LogP contribution in [-0.4, -0.2) is 121 Å². The molecule has 0 bridgehead atoms. The molecular formula is C29H39ClN6O10. The van der Waals surface area contributed by atoms with Crippen LogP contribution in [0, 0.1) is 12.3 Å². The van der Waals surface area contributed by atoms with Crippen molar-refractivity contribution in [3.8, 4) is 12.3 Å². The van der Waals surface area contributed by atoms with E-state index in [0.29, 0.717) is 30.0 Å². The Hall–Kier alpha value is -3.69. The number of unbranched alkanes of at least 4 members (excludes halogenated alkanes) is 3. The summed E-state index contributed by atoms with van der Waals surface area (Å²) in [5, 5.41) is 61.7. The SMILES string of the molecule is C#CCOCCCCCCO[C@]1(C(=O)O)C[C@H](O)[C@@H](NC(=O)Cc2nn[nH]n2)[C@H]([C@H](O)[C@H](O)CNC(=O)Cc2ccc(Cl)cc2)O1. The lowest BCUT2D eigenvalue weighted by Gasteiger charge is -2.46. The number of aliphatic carboxylic acids is 1. The van der Waals surface area contributed by atoms with Crippen LogP contribution < -0.4 is 10.6 Å². The van der Waals surface area contributed by atoms with Crippen LogP contribution in [0.3, 0.4) is 0 Å². The highest BCUT2D eigenvalue weighted by molar-refractivity contribution is 6.30. The van der Waals surface area contributed by atoms with Crippen LogP contribution in [0.4, 0.5) is 0 Å². The topological polar surface area (TPSA) is 238 Å². The first-order chi connectivity index (χ1) is 22.0. The Labute approximate surface area is 270 Å². The molecule has 0 saturated carbocycles. The number of carboxylic acid groups (broad SMARTS) is 1. The molecular weight excluding hydrogens is 628 g/mol. The molecule has 16 nitrogen and oxygen atoms in total. The number of aliphatic hydroxyl groups excluding tert-OH is 3. The van der Waals surface area contributed by atoms with Crippen LogP contribution in [-0.2, 0) is 41.4 Å². The van der Waals surface area contributed by atoms with Crippen LogP contribution in [0.15, 0.2) is 24.3 Å². The summed E-state index contributed by atoms with van der Waals surface area (Å²) >= 11 is 5.87. The van der Waals surface area contributed by atoms with Crippen LogP contribution in [0.25, 0.3) is 0 Å². The number of carbonyl (C=O) groups is 3. The van der Waals surface area contributed by atoms with E-state index in [1.807, 2.05) is 0 Å². The van der Waals surface area contributed by atoms with Gasteiger partial charge in [0, 0.05) is 24.6 Å². The molecule has 1 aromatic carbocycles. The number of aliphatic hydroxyl groups is 3. The fraction of sp³-hybridized carbons (Fsp3) is 0.586. The van der Waals surface area contributed by atoms with Gasteiger partial charge >= 0.3 is 5.97 Å².